The summed E-state index contributed by atoms with van der Waals surface area (Å²) in [5.41, 5.74) is 2.06. The first kappa shape index (κ1) is 15.6. The first-order valence-electron chi connectivity index (χ1n) is 7.64. The van der Waals surface area contributed by atoms with Gasteiger partial charge in [0.25, 0.3) is 0 Å². The molecule has 0 fully saturated rings. The molecular formula is C20H18ClNO. The highest BCUT2D eigenvalue weighted by molar-refractivity contribution is 6.30. The van der Waals surface area contributed by atoms with Crippen LogP contribution in [0, 0.1) is 0 Å². The van der Waals surface area contributed by atoms with Gasteiger partial charge in [0, 0.05) is 5.02 Å². The predicted molar refractivity (Wildman–Crippen MR) is 95.7 cm³/mol. The van der Waals surface area contributed by atoms with Crippen LogP contribution in [0.25, 0.3) is 10.8 Å². The van der Waals surface area contributed by atoms with Crippen LogP contribution in [0.15, 0.2) is 66.7 Å². The molecule has 0 saturated carbocycles. The first-order valence-corrected chi connectivity index (χ1v) is 8.02. The second kappa shape index (κ2) is 6.84. The number of amides is 1. The van der Waals surface area contributed by atoms with E-state index in [1.54, 1.807) is 0 Å². The molecule has 116 valence electrons. The van der Waals surface area contributed by atoms with Gasteiger partial charge in [0.05, 0.1) is 12.5 Å². The number of nitrogens with one attached hydrogen (secondary N) is 1. The number of carbonyl (C=O) groups excluding carboxylic acids is 1. The molecule has 23 heavy (non-hydrogen) atoms. The van der Waals surface area contributed by atoms with Gasteiger partial charge in [-0.1, -0.05) is 66.2 Å². The minimum absolute atomic E-state index is 0.0164. The van der Waals surface area contributed by atoms with Crippen LogP contribution in [0.2, 0.25) is 5.02 Å². The van der Waals surface area contributed by atoms with Crippen molar-refractivity contribution in [2.45, 2.75) is 19.4 Å². The fourth-order valence-corrected chi connectivity index (χ4v) is 2.79. The van der Waals surface area contributed by atoms with E-state index < -0.39 is 0 Å². The molecule has 0 aliphatic carbocycles. The molecule has 0 aliphatic rings. The van der Waals surface area contributed by atoms with Gasteiger partial charge in [0.1, 0.15) is 0 Å². The highest BCUT2D eigenvalue weighted by atomic mass is 35.5. The molecule has 0 saturated heterocycles. The van der Waals surface area contributed by atoms with Gasteiger partial charge in [0.15, 0.2) is 0 Å². The Kier molecular flexibility index (Phi) is 4.63. The summed E-state index contributed by atoms with van der Waals surface area (Å²) in [6.45, 7) is 1.97. The van der Waals surface area contributed by atoms with Crippen molar-refractivity contribution in [3.8, 4) is 0 Å². The smallest absolute Gasteiger partial charge is 0.224 e. The van der Waals surface area contributed by atoms with Crippen LogP contribution < -0.4 is 5.32 Å². The Morgan fingerprint density at radius 2 is 1.70 bits per heavy atom. The van der Waals surface area contributed by atoms with Gasteiger partial charge in [-0.05, 0) is 41.0 Å². The maximum atomic E-state index is 12.3. The van der Waals surface area contributed by atoms with Gasteiger partial charge < -0.3 is 5.32 Å². The summed E-state index contributed by atoms with van der Waals surface area (Å²) < 4.78 is 0. The van der Waals surface area contributed by atoms with Crippen molar-refractivity contribution in [1.82, 2.24) is 5.32 Å². The fourth-order valence-electron chi connectivity index (χ4n) is 2.66. The normalized spacial score (nSPS) is 12.1. The lowest BCUT2D eigenvalue weighted by Gasteiger charge is -2.14. The summed E-state index contributed by atoms with van der Waals surface area (Å²) in [5, 5.41) is 6.07. The van der Waals surface area contributed by atoms with Gasteiger partial charge in [-0.2, -0.15) is 0 Å². The summed E-state index contributed by atoms with van der Waals surface area (Å²) >= 11 is 5.89. The molecule has 0 heterocycles. The number of halogens is 1. The first-order chi connectivity index (χ1) is 11.1. The molecule has 0 aliphatic heterocycles. The molecule has 3 aromatic carbocycles. The van der Waals surface area contributed by atoms with E-state index in [1.165, 1.54) is 5.39 Å². The Morgan fingerprint density at radius 1 is 1.00 bits per heavy atom. The number of benzene rings is 3. The maximum Gasteiger partial charge on any atom is 0.224 e. The lowest BCUT2D eigenvalue weighted by molar-refractivity contribution is -0.121. The van der Waals surface area contributed by atoms with E-state index in [2.05, 4.69) is 29.6 Å². The number of fused-ring (bicyclic) bond motifs is 1. The van der Waals surface area contributed by atoms with Crippen LogP contribution in [0.1, 0.15) is 24.1 Å². The quantitative estimate of drug-likeness (QED) is 0.726. The molecule has 0 aromatic heterocycles. The summed E-state index contributed by atoms with van der Waals surface area (Å²) in [4.78, 5) is 12.3. The van der Waals surface area contributed by atoms with E-state index in [0.29, 0.717) is 11.4 Å². The highest BCUT2D eigenvalue weighted by Crippen LogP contribution is 2.18. The van der Waals surface area contributed by atoms with Gasteiger partial charge in [0.2, 0.25) is 5.91 Å². The van der Waals surface area contributed by atoms with E-state index in [4.69, 9.17) is 11.6 Å². The monoisotopic (exact) mass is 323 g/mol. The lowest BCUT2D eigenvalue weighted by Crippen LogP contribution is -2.28. The third kappa shape index (κ3) is 3.91. The minimum Gasteiger partial charge on any atom is -0.349 e. The second-order valence-electron chi connectivity index (χ2n) is 5.70. The standard InChI is InChI=1S/C20H18ClNO/c1-14(16-8-10-19(21)11-9-16)22-20(23)13-15-6-7-17-4-2-3-5-18(17)12-15/h2-12,14H,13H2,1H3,(H,22,23)/t14-/m1/s1. The number of hydrogen-bond acceptors (Lipinski definition) is 1. The van der Waals surface area contributed by atoms with Crippen molar-refractivity contribution < 1.29 is 4.79 Å². The van der Waals surface area contributed by atoms with Crippen LogP contribution in [0.3, 0.4) is 0 Å². The molecule has 0 radical (unpaired) electrons. The van der Waals surface area contributed by atoms with Crippen molar-refractivity contribution in [3.63, 3.8) is 0 Å². The van der Waals surface area contributed by atoms with Crippen molar-refractivity contribution >= 4 is 28.3 Å². The van der Waals surface area contributed by atoms with Gasteiger partial charge >= 0.3 is 0 Å². The van der Waals surface area contributed by atoms with E-state index in [0.717, 1.165) is 16.5 Å². The zero-order valence-corrected chi connectivity index (χ0v) is 13.7. The molecule has 1 atom stereocenters. The van der Waals surface area contributed by atoms with Crippen LogP contribution in [-0.2, 0) is 11.2 Å². The third-order valence-electron chi connectivity index (χ3n) is 3.93. The number of hydrogen-bond donors (Lipinski definition) is 1. The number of rotatable bonds is 4. The summed E-state index contributed by atoms with van der Waals surface area (Å²) in [6, 6.07) is 21.8. The SMILES string of the molecule is C[C@@H](NC(=O)Cc1ccc2ccccc2c1)c1ccc(Cl)cc1. The molecule has 0 bridgehead atoms. The van der Waals surface area contributed by atoms with E-state index in [9.17, 15) is 4.79 Å². The Bertz CT molecular complexity index is 826. The Morgan fingerprint density at radius 3 is 2.43 bits per heavy atom. The van der Waals surface area contributed by atoms with Gasteiger partial charge in [-0.25, -0.2) is 0 Å². The van der Waals surface area contributed by atoms with Crippen LogP contribution in [0.5, 0.6) is 0 Å². The summed E-state index contributed by atoms with van der Waals surface area (Å²) in [7, 11) is 0. The van der Waals surface area contributed by atoms with Crippen molar-refractivity contribution in [3.05, 3.63) is 82.9 Å². The Hall–Kier alpha value is -2.32. The van der Waals surface area contributed by atoms with Crippen LogP contribution in [-0.4, -0.2) is 5.91 Å². The van der Waals surface area contributed by atoms with Gasteiger partial charge in [-0.3, -0.25) is 4.79 Å². The highest BCUT2D eigenvalue weighted by Gasteiger charge is 2.10. The molecule has 0 spiro atoms. The topological polar surface area (TPSA) is 29.1 Å². The minimum atomic E-state index is -0.0415. The largest absolute Gasteiger partial charge is 0.349 e. The molecule has 0 unspecified atom stereocenters. The van der Waals surface area contributed by atoms with Crippen molar-refractivity contribution in [2.75, 3.05) is 0 Å². The Balaban J connectivity index is 1.67. The molecule has 3 aromatic rings. The van der Waals surface area contributed by atoms with E-state index in [-0.39, 0.29) is 11.9 Å². The zero-order chi connectivity index (χ0) is 16.2. The number of carbonyl (C=O) groups is 1. The summed E-state index contributed by atoms with van der Waals surface area (Å²) in [5.74, 6) is 0.0164. The summed E-state index contributed by atoms with van der Waals surface area (Å²) in [6.07, 6.45) is 0.378. The van der Waals surface area contributed by atoms with Crippen molar-refractivity contribution in [1.29, 1.82) is 0 Å². The predicted octanol–water partition coefficient (Wildman–Crippen LogP) is 4.91. The average Bonchev–Trinajstić information content (AvgIpc) is 2.55. The molecule has 2 nitrogen and oxygen atoms in total. The Labute approximate surface area is 141 Å². The molecule has 3 rings (SSSR count). The van der Waals surface area contributed by atoms with E-state index >= 15 is 0 Å². The van der Waals surface area contributed by atoms with Crippen LogP contribution >= 0.6 is 11.6 Å². The molecule has 1 N–H and O–H groups in total. The zero-order valence-electron chi connectivity index (χ0n) is 12.9. The second-order valence-corrected chi connectivity index (χ2v) is 6.14. The molecule has 1 amide bonds. The van der Waals surface area contributed by atoms with Gasteiger partial charge in [-0.15, -0.1) is 0 Å². The lowest BCUT2D eigenvalue weighted by atomic mass is 10.0. The third-order valence-corrected chi connectivity index (χ3v) is 4.18. The van der Waals surface area contributed by atoms with Crippen LogP contribution in [0.4, 0.5) is 0 Å². The molecule has 3 heteroatoms. The fraction of sp³-hybridized carbons (Fsp3) is 0.150. The maximum absolute atomic E-state index is 12.3. The van der Waals surface area contributed by atoms with Crippen molar-refractivity contribution in [2.24, 2.45) is 0 Å². The molecular weight excluding hydrogens is 306 g/mol. The average molecular weight is 324 g/mol. The van der Waals surface area contributed by atoms with E-state index in [1.807, 2.05) is 49.4 Å².